The molecule has 0 bridgehead atoms. The van der Waals surface area contributed by atoms with Crippen LogP contribution in [0, 0.1) is 5.82 Å². The van der Waals surface area contributed by atoms with Gasteiger partial charge in [0, 0.05) is 17.6 Å². The third-order valence-corrected chi connectivity index (χ3v) is 4.23. The Balaban J connectivity index is 2.21. The molecule has 0 fully saturated rings. The van der Waals surface area contributed by atoms with Crippen LogP contribution in [0.2, 0.25) is 0 Å². The fourth-order valence-corrected chi connectivity index (χ4v) is 3.07. The highest BCUT2D eigenvalue weighted by molar-refractivity contribution is 7.09. The molecule has 0 saturated carbocycles. The fourth-order valence-electron chi connectivity index (χ4n) is 2.20. The first-order valence-electron chi connectivity index (χ1n) is 5.82. The Morgan fingerprint density at radius 1 is 1.47 bits per heavy atom. The van der Waals surface area contributed by atoms with Crippen molar-refractivity contribution >= 4 is 34.0 Å². The maximum absolute atomic E-state index is 13.3. The Morgan fingerprint density at radius 3 is 3.00 bits per heavy atom. The molecule has 2 heterocycles. The maximum Gasteiger partial charge on any atom is 0.125 e. The van der Waals surface area contributed by atoms with E-state index in [9.17, 15) is 4.39 Å². The van der Waals surface area contributed by atoms with Crippen LogP contribution in [-0.2, 0) is 5.88 Å². The Bertz CT molecular complexity index is 708. The van der Waals surface area contributed by atoms with Gasteiger partial charge in [-0.15, -0.1) is 22.9 Å². The third-order valence-electron chi connectivity index (χ3n) is 3.04. The van der Waals surface area contributed by atoms with Crippen molar-refractivity contribution in [2.75, 3.05) is 0 Å². The van der Waals surface area contributed by atoms with Gasteiger partial charge in [0.05, 0.1) is 23.0 Å². The van der Waals surface area contributed by atoms with E-state index in [2.05, 4.69) is 9.97 Å². The van der Waals surface area contributed by atoms with Gasteiger partial charge >= 0.3 is 0 Å². The predicted molar refractivity (Wildman–Crippen MR) is 75.2 cm³/mol. The number of hydrogen-bond donors (Lipinski definition) is 0. The zero-order chi connectivity index (χ0) is 13.4. The van der Waals surface area contributed by atoms with Gasteiger partial charge in [-0.25, -0.2) is 14.4 Å². The lowest BCUT2D eigenvalue weighted by Crippen LogP contribution is -2.09. The number of imidazole rings is 1. The van der Waals surface area contributed by atoms with Gasteiger partial charge in [-0.2, -0.15) is 0 Å². The maximum atomic E-state index is 13.3. The molecule has 3 nitrogen and oxygen atoms in total. The van der Waals surface area contributed by atoms with Crippen LogP contribution in [0.25, 0.3) is 11.0 Å². The van der Waals surface area contributed by atoms with Crippen LogP contribution in [0.4, 0.5) is 4.39 Å². The summed E-state index contributed by atoms with van der Waals surface area (Å²) in [4.78, 5) is 8.72. The van der Waals surface area contributed by atoms with Gasteiger partial charge in [0.1, 0.15) is 16.6 Å². The van der Waals surface area contributed by atoms with Gasteiger partial charge in [0.25, 0.3) is 0 Å². The smallest absolute Gasteiger partial charge is 0.125 e. The standard InChI is InChI=1S/C13H11ClFN3S/c1-8(13-16-4-5-19-13)18-11-3-2-9(15)6-10(11)17-12(18)7-14/h2-6,8H,7H2,1H3. The highest BCUT2D eigenvalue weighted by atomic mass is 35.5. The summed E-state index contributed by atoms with van der Waals surface area (Å²) in [6, 6.07) is 4.63. The van der Waals surface area contributed by atoms with Crippen LogP contribution in [0.3, 0.4) is 0 Å². The Morgan fingerprint density at radius 2 is 2.32 bits per heavy atom. The molecular formula is C13H11ClFN3S. The van der Waals surface area contributed by atoms with Gasteiger partial charge < -0.3 is 4.57 Å². The summed E-state index contributed by atoms with van der Waals surface area (Å²) in [5.74, 6) is 0.719. The topological polar surface area (TPSA) is 30.7 Å². The summed E-state index contributed by atoms with van der Waals surface area (Å²) in [6.07, 6.45) is 1.77. The lowest BCUT2D eigenvalue weighted by atomic mass is 10.2. The molecule has 0 saturated heterocycles. The number of alkyl halides is 1. The first-order chi connectivity index (χ1) is 9.20. The van der Waals surface area contributed by atoms with Gasteiger partial charge in [-0.05, 0) is 19.1 Å². The quantitative estimate of drug-likeness (QED) is 0.684. The molecule has 0 aliphatic carbocycles. The van der Waals surface area contributed by atoms with Crippen molar-refractivity contribution in [3.63, 3.8) is 0 Å². The minimum atomic E-state index is -0.292. The average molecular weight is 296 g/mol. The molecule has 0 radical (unpaired) electrons. The van der Waals surface area contributed by atoms with E-state index in [0.717, 1.165) is 16.3 Å². The molecule has 0 aliphatic rings. The number of aromatic nitrogens is 3. The second-order valence-corrected chi connectivity index (χ2v) is 5.40. The Hall–Kier alpha value is -1.46. The number of rotatable bonds is 3. The highest BCUT2D eigenvalue weighted by Crippen LogP contribution is 2.28. The van der Waals surface area contributed by atoms with E-state index in [0.29, 0.717) is 5.52 Å². The average Bonchev–Trinajstić information content (AvgIpc) is 3.04. The second kappa shape index (κ2) is 4.90. The molecule has 98 valence electrons. The number of nitrogens with zero attached hydrogens (tertiary/aromatic N) is 3. The van der Waals surface area contributed by atoms with Crippen molar-refractivity contribution in [3.05, 3.63) is 46.4 Å². The van der Waals surface area contributed by atoms with E-state index >= 15 is 0 Å². The second-order valence-electron chi connectivity index (χ2n) is 4.21. The summed E-state index contributed by atoms with van der Waals surface area (Å²) in [5, 5.41) is 2.92. The van der Waals surface area contributed by atoms with Crippen LogP contribution < -0.4 is 0 Å². The summed E-state index contributed by atoms with van der Waals surface area (Å²) in [5.41, 5.74) is 1.50. The summed E-state index contributed by atoms with van der Waals surface area (Å²) < 4.78 is 15.3. The number of halogens is 2. The molecule has 0 aliphatic heterocycles. The van der Waals surface area contributed by atoms with Crippen molar-refractivity contribution in [3.8, 4) is 0 Å². The van der Waals surface area contributed by atoms with E-state index in [1.54, 1.807) is 23.6 Å². The zero-order valence-electron chi connectivity index (χ0n) is 10.2. The van der Waals surface area contributed by atoms with Crippen molar-refractivity contribution in [1.29, 1.82) is 0 Å². The Labute approximate surface area is 118 Å². The third kappa shape index (κ3) is 2.13. The normalized spacial score (nSPS) is 13.0. The minimum Gasteiger partial charge on any atom is -0.317 e. The number of thiazole rings is 1. The van der Waals surface area contributed by atoms with Gasteiger partial charge in [0.2, 0.25) is 0 Å². The molecule has 19 heavy (non-hydrogen) atoms. The number of fused-ring (bicyclic) bond motifs is 1. The van der Waals surface area contributed by atoms with E-state index in [4.69, 9.17) is 11.6 Å². The molecule has 3 aromatic rings. The lowest BCUT2D eigenvalue weighted by Gasteiger charge is -2.14. The molecule has 2 aromatic heterocycles. The van der Waals surface area contributed by atoms with E-state index in [-0.39, 0.29) is 17.7 Å². The number of benzene rings is 1. The monoisotopic (exact) mass is 295 g/mol. The van der Waals surface area contributed by atoms with Crippen molar-refractivity contribution in [1.82, 2.24) is 14.5 Å². The van der Waals surface area contributed by atoms with Crippen molar-refractivity contribution in [2.24, 2.45) is 0 Å². The molecule has 0 amide bonds. The Kier molecular flexibility index (Phi) is 3.24. The molecule has 1 atom stereocenters. The molecule has 3 rings (SSSR count). The first kappa shape index (κ1) is 12.6. The summed E-state index contributed by atoms with van der Waals surface area (Å²) in [6.45, 7) is 2.04. The van der Waals surface area contributed by atoms with Gasteiger partial charge in [0.15, 0.2) is 0 Å². The van der Waals surface area contributed by atoms with Crippen LogP contribution >= 0.6 is 22.9 Å². The van der Waals surface area contributed by atoms with Crippen molar-refractivity contribution < 1.29 is 4.39 Å². The largest absolute Gasteiger partial charge is 0.317 e. The van der Waals surface area contributed by atoms with Gasteiger partial charge in [-0.1, -0.05) is 0 Å². The molecule has 0 spiro atoms. The molecular weight excluding hydrogens is 285 g/mol. The van der Waals surface area contributed by atoms with Crippen LogP contribution in [0.1, 0.15) is 23.8 Å². The number of hydrogen-bond acceptors (Lipinski definition) is 3. The zero-order valence-corrected chi connectivity index (χ0v) is 11.7. The van der Waals surface area contributed by atoms with Crippen molar-refractivity contribution in [2.45, 2.75) is 18.8 Å². The molecule has 1 aromatic carbocycles. The van der Waals surface area contributed by atoms with E-state index in [1.165, 1.54) is 12.1 Å². The molecule has 1 unspecified atom stereocenters. The molecule has 6 heteroatoms. The highest BCUT2D eigenvalue weighted by Gasteiger charge is 2.18. The van der Waals surface area contributed by atoms with Crippen LogP contribution in [0.15, 0.2) is 29.8 Å². The van der Waals surface area contributed by atoms with E-state index in [1.807, 2.05) is 16.9 Å². The van der Waals surface area contributed by atoms with Crippen LogP contribution in [-0.4, -0.2) is 14.5 Å². The summed E-state index contributed by atoms with van der Waals surface area (Å²) in [7, 11) is 0. The first-order valence-corrected chi connectivity index (χ1v) is 7.24. The predicted octanol–water partition coefficient (Wildman–Crippen LogP) is 3.98. The fraction of sp³-hybridized carbons (Fsp3) is 0.231. The molecule has 0 N–H and O–H groups in total. The summed E-state index contributed by atoms with van der Waals surface area (Å²) >= 11 is 7.54. The minimum absolute atomic E-state index is 0.0317. The van der Waals surface area contributed by atoms with Crippen LogP contribution in [0.5, 0.6) is 0 Å². The lowest BCUT2D eigenvalue weighted by molar-refractivity contribution is 0.624. The SMILES string of the molecule is CC(c1nccs1)n1c(CCl)nc2cc(F)ccc21. The van der Waals surface area contributed by atoms with Gasteiger partial charge in [-0.3, -0.25) is 0 Å². The van der Waals surface area contributed by atoms with E-state index < -0.39 is 0 Å².